The largest absolute Gasteiger partial charge is 0.0656 e. The highest BCUT2D eigenvalue weighted by Gasteiger charge is 2.69. The van der Waals surface area contributed by atoms with Crippen molar-refractivity contribution in [3.63, 3.8) is 0 Å². The van der Waals surface area contributed by atoms with Crippen molar-refractivity contribution in [3.8, 4) is 0 Å². The third-order valence-corrected chi connectivity index (χ3v) is 5.35. The summed E-state index contributed by atoms with van der Waals surface area (Å²) in [5.41, 5.74) is 4.55. The molecule has 2 bridgehead atoms. The van der Waals surface area contributed by atoms with Gasteiger partial charge in [-0.05, 0) is 48.3 Å². The molecule has 4 aliphatic rings. The van der Waals surface area contributed by atoms with Crippen LogP contribution in [-0.2, 0) is 0 Å². The molecule has 0 heterocycles. The highest BCUT2D eigenvalue weighted by Crippen LogP contribution is 2.78. The summed E-state index contributed by atoms with van der Waals surface area (Å²) in [6.07, 6.45) is 4.58. The molecule has 0 saturated heterocycles. The zero-order valence-corrected chi connectivity index (χ0v) is 7.93. The minimum atomic E-state index is 0.723. The molecule has 4 aliphatic carbocycles. The fourth-order valence-electron chi connectivity index (χ4n) is 5.27. The lowest BCUT2D eigenvalue weighted by atomic mass is 9.47. The molecule has 0 aromatic rings. The van der Waals surface area contributed by atoms with Crippen molar-refractivity contribution in [2.75, 3.05) is 0 Å². The molecule has 3 saturated carbocycles. The van der Waals surface area contributed by atoms with E-state index in [-0.39, 0.29) is 0 Å². The third-order valence-electron chi connectivity index (χ3n) is 5.35. The number of fused-ring (bicyclic) bond motifs is 2. The van der Waals surface area contributed by atoms with E-state index in [0.29, 0.717) is 0 Å². The maximum absolute atomic E-state index is 2.54. The van der Waals surface area contributed by atoms with Gasteiger partial charge >= 0.3 is 0 Å². The Labute approximate surface area is 74.0 Å². The molecule has 0 N–H and O–H groups in total. The van der Waals surface area contributed by atoms with E-state index in [0.717, 1.165) is 29.1 Å². The second kappa shape index (κ2) is 1.42. The molecule has 0 nitrogen and oxygen atoms in total. The van der Waals surface area contributed by atoms with Gasteiger partial charge in [-0.2, -0.15) is 0 Å². The predicted molar refractivity (Wildman–Crippen MR) is 48.6 cm³/mol. The molecule has 0 spiro atoms. The summed E-state index contributed by atoms with van der Waals surface area (Å²) < 4.78 is 0. The summed E-state index contributed by atoms with van der Waals surface area (Å²) in [7, 11) is 0. The van der Waals surface area contributed by atoms with E-state index in [1.807, 2.05) is 11.1 Å². The Hall–Kier alpha value is -0.260. The van der Waals surface area contributed by atoms with E-state index < -0.39 is 0 Å². The zero-order chi connectivity index (χ0) is 8.09. The van der Waals surface area contributed by atoms with Crippen LogP contribution in [0.3, 0.4) is 0 Å². The van der Waals surface area contributed by atoms with Crippen molar-refractivity contribution in [2.45, 2.75) is 33.1 Å². The first-order valence-electron chi connectivity index (χ1n) is 5.45. The number of allylic oxidation sites excluding steroid dienone is 2. The van der Waals surface area contributed by atoms with Crippen molar-refractivity contribution in [2.24, 2.45) is 29.1 Å². The molecule has 0 amide bonds. The summed E-state index contributed by atoms with van der Waals surface area (Å²) in [6.45, 7) is 5.00. The summed E-state index contributed by atoms with van der Waals surface area (Å²) in [6, 6.07) is 0. The molecule has 4 rings (SSSR count). The predicted octanol–water partition coefficient (Wildman–Crippen LogP) is 3.00. The Kier molecular flexibility index (Phi) is 0.740. The minimum Gasteiger partial charge on any atom is -0.0656 e. The lowest BCUT2D eigenvalue weighted by molar-refractivity contribution is 0.139. The van der Waals surface area contributed by atoms with E-state index in [4.69, 9.17) is 0 Å². The van der Waals surface area contributed by atoms with Crippen LogP contribution in [0, 0.1) is 29.1 Å². The molecule has 0 heteroatoms. The Morgan fingerprint density at radius 1 is 1.42 bits per heavy atom. The molecular weight excluding hydrogens is 144 g/mol. The lowest BCUT2D eigenvalue weighted by Crippen LogP contribution is -2.47. The van der Waals surface area contributed by atoms with Gasteiger partial charge in [0.25, 0.3) is 0 Å². The quantitative estimate of drug-likeness (QED) is 0.478. The average Bonchev–Trinajstić information content (AvgIpc) is 2.14. The van der Waals surface area contributed by atoms with E-state index in [2.05, 4.69) is 13.8 Å². The molecular formula is C12H16. The van der Waals surface area contributed by atoms with Gasteiger partial charge in [-0.1, -0.05) is 25.0 Å². The molecule has 64 valence electrons. The molecule has 5 unspecified atom stereocenters. The molecule has 12 heavy (non-hydrogen) atoms. The zero-order valence-electron chi connectivity index (χ0n) is 7.93. The first-order chi connectivity index (χ1) is 5.72. The molecule has 0 aromatic carbocycles. The Balaban J connectivity index is 2.00. The molecule has 5 atom stereocenters. The average molecular weight is 160 g/mol. The normalized spacial score (nSPS) is 64.5. The highest BCUT2D eigenvalue weighted by atomic mass is 14.7. The van der Waals surface area contributed by atoms with Crippen LogP contribution in [0.2, 0.25) is 0 Å². The summed E-state index contributed by atoms with van der Waals surface area (Å²) in [5.74, 6) is 4.29. The van der Waals surface area contributed by atoms with Gasteiger partial charge in [0.15, 0.2) is 0 Å². The topological polar surface area (TPSA) is 0 Å². The maximum Gasteiger partial charge on any atom is -0.00398 e. The first-order valence-corrected chi connectivity index (χ1v) is 5.45. The van der Waals surface area contributed by atoms with E-state index >= 15 is 0 Å². The van der Waals surface area contributed by atoms with E-state index in [1.165, 1.54) is 12.8 Å². The van der Waals surface area contributed by atoms with Gasteiger partial charge < -0.3 is 0 Å². The van der Waals surface area contributed by atoms with Crippen molar-refractivity contribution < 1.29 is 0 Å². The van der Waals surface area contributed by atoms with Crippen LogP contribution in [0.15, 0.2) is 11.1 Å². The monoisotopic (exact) mass is 160 g/mol. The Morgan fingerprint density at radius 2 is 2.25 bits per heavy atom. The summed E-state index contributed by atoms with van der Waals surface area (Å²) in [4.78, 5) is 0. The minimum absolute atomic E-state index is 0.723. The summed E-state index contributed by atoms with van der Waals surface area (Å²) in [5, 5.41) is 0. The van der Waals surface area contributed by atoms with Crippen molar-refractivity contribution >= 4 is 0 Å². The van der Waals surface area contributed by atoms with Crippen molar-refractivity contribution in [1.29, 1.82) is 0 Å². The van der Waals surface area contributed by atoms with Crippen LogP contribution in [0.5, 0.6) is 0 Å². The lowest BCUT2D eigenvalue weighted by Gasteiger charge is -2.57. The molecule has 0 radical (unpaired) electrons. The smallest absolute Gasteiger partial charge is 0.00398 e. The van der Waals surface area contributed by atoms with Gasteiger partial charge in [0.1, 0.15) is 0 Å². The molecule has 0 aromatic heterocycles. The van der Waals surface area contributed by atoms with Crippen molar-refractivity contribution in [3.05, 3.63) is 11.1 Å². The van der Waals surface area contributed by atoms with Gasteiger partial charge in [0, 0.05) is 0 Å². The van der Waals surface area contributed by atoms with E-state index in [1.54, 1.807) is 6.42 Å². The first kappa shape index (κ1) is 6.23. The van der Waals surface area contributed by atoms with Gasteiger partial charge in [0.05, 0.1) is 0 Å². The van der Waals surface area contributed by atoms with E-state index in [9.17, 15) is 0 Å². The van der Waals surface area contributed by atoms with Crippen molar-refractivity contribution in [1.82, 2.24) is 0 Å². The van der Waals surface area contributed by atoms with Gasteiger partial charge in [-0.25, -0.2) is 0 Å². The maximum atomic E-state index is 2.54. The van der Waals surface area contributed by atoms with Crippen LogP contribution in [-0.4, -0.2) is 0 Å². The molecule has 0 aliphatic heterocycles. The summed E-state index contributed by atoms with van der Waals surface area (Å²) >= 11 is 0. The number of hydrogen-bond acceptors (Lipinski definition) is 0. The van der Waals surface area contributed by atoms with Gasteiger partial charge in [-0.15, -0.1) is 0 Å². The number of rotatable bonds is 0. The van der Waals surface area contributed by atoms with Crippen LogP contribution in [0.25, 0.3) is 0 Å². The van der Waals surface area contributed by atoms with Crippen LogP contribution in [0.4, 0.5) is 0 Å². The van der Waals surface area contributed by atoms with Crippen LogP contribution >= 0.6 is 0 Å². The second-order valence-electron chi connectivity index (χ2n) is 5.80. The Bertz CT molecular complexity index is 312. The SMILES string of the molecule is CC1CC2CC3(C)C1=C1CC2C13. The van der Waals surface area contributed by atoms with Gasteiger partial charge in [-0.3, -0.25) is 0 Å². The molecule has 3 fully saturated rings. The fourth-order valence-corrected chi connectivity index (χ4v) is 5.27. The van der Waals surface area contributed by atoms with Gasteiger partial charge in [0.2, 0.25) is 0 Å². The Morgan fingerprint density at radius 3 is 3.08 bits per heavy atom. The highest BCUT2D eigenvalue weighted by molar-refractivity contribution is 5.50. The second-order valence-corrected chi connectivity index (χ2v) is 5.80. The fraction of sp³-hybridized carbons (Fsp3) is 0.833. The van der Waals surface area contributed by atoms with Crippen LogP contribution < -0.4 is 0 Å². The third kappa shape index (κ3) is 0.372. The number of hydrogen-bond donors (Lipinski definition) is 0. The standard InChI is InChI=1S/C12H16/c1-6-3-7-5-12(2)10(6)9-4-8(7)11(9)12/h6-8,11H,3-5H2,1-2H3. The van der Waals surface area contributed by atoms with Crippen LogP contribution in [0.1, 0.15) is 33.1 Å².